The summed E-state index contributed by atoms with van der Waals surface area (Å²) >= 11 is -3.88. The van der Waals surface area contributed by atoms with Crippen molar-refractivity contribution in [1.82, 2.24) is 0 Å². The van der Waals surface area contributed by atoms with Crippen LogP contribution in [0.2, 0.25) is 33.0 Å². The SMILES string of the molecule is CC[CH2][Ge]([CH2]CC)([CH2]CC)[O]CCC(C)(C)CC[O][Ge]([CH3])([CH3])[CH3]. The van der Waals surface area contributed by atoms with Crippen LogP contribution in [-0.4, -0.2) is 40.4 Å². The molecule has 0 aromatic rings. The summed E-state index contributed by atoms with van der Waals surface area (Å²) in [6.45, 7) is 13.6. The van der Waals surface area contributed by atoms with E-state index in [1.807, 2.05) is 0 Å². The van der Waals surface area contributed by atoms with E-state index >= 15 is 0 Å². The van der Waals surface area contributed by atoms with Crippen LogP contribution in [0.5, 0.6) is 0 Å². The van der Waals surface area contributed by atoms with Crippen molar-refractivity contribution in [1.29, 1.82) is 0 Å². The second kappa shape index (κ2) is 11.6. The molecule has 0 aliphatic heterocycles. The van der Waals surface area contributed by atoms with Crippen LogP contribution >= 0.6 is 0 Å². The second-order valence-electron chi connectivity index (χ2n) is 8.91. The first-order valence-electron chi connectivity index (χ1n) is 9.87. The van der Waals surface area contributed by atoms with Crippen molar-refractivity contribution >= 4 is 27.2 Å². The Labute approximate surface area is 152 Å². The van der Waals surface area contributed by atoms with Crippen LogP contribution < -0.4 is 0 Å². The van der Waals surface area contributed by atoms with Gasteiger partial charge in [0.05, 0.1) is 0 Å². The minimum atomic E-state index is -2.04. The van der Waals surface area contributed by atoms with E-state index < -0.39 is 27.2 Å². The van der Waals surface area contributed by atoms with Gasteiger partial charge in [0.1, 0.15) is 0 Å². The monoisotopic (exact) mass is 452 g/mol. The molecule has 0 bridgehead atoms. The van der Waals surface area contributed by atoms with Crippen molar-refractivity contribution in [2.75, 3.05) is 13.2 Å². The maximum atomic E-state index is 6.69. The summed E-state index contributed by atoms with van der Waals surface area (Å²) in [6, 6.07) is 0. The van der Waals surface area contributed by atoms with Gasteiger partial charge >= 0.3 is 153 Å². The summed E-state index contributed by atoms with van der Waals surface area (Å²) in [5.74, 6) is 6.95. The zero-order chi connectivity index (χ0) is 18.0. The minimum absolute atomic E-state index is 0.339. The molecule has 140 valence electrons. The average Bonchev–Trinajstić information content (AvgIpc) is 2.37. The third-order valence-electron chi connectivity index (χ3n) is 4.62. The standard InChI is InChI=1S/C19H44Ge2O2/c1-9-14-21(15-10-2,16-11-3)23-18-13-19(4,5)12-17-22-20(6,7)8/h9-18H2,1-8H3. The van der Waals surface area contributed by atoms with Gasteiger partial charge in [0.15, 0.2) is 0 Å². The van der Waals surface area contributed by atoms with Crippen LogP contribution in [0.15, 0.2) is 0 Å². The van der Waals surface area contributed by atoms with E-state index in [9.17, 15) is 0 Å². The molecule has 23 heavy (non-hydrogen) atoms. The summed E-state index contributed by atoms with van der Waals surface area (Å²) in [5.41, 5.74) is 0.339. The van der Waals surface area contributed by atoms with Crippen LogP contribution in [0.25, 0.3) is 0 Å². The van der Waals surface area contributed by atoms with Gasteiger partial charge in [-0.15, -0.1) is 0 Å². The Bertz CT molecular complexity index is 281. The molecule has 0 radical (unpaired) electrons. The molecule has 0 aliphatic rings. The summed E-state index contributed by atoms with van der Waals surface area (Å²) < 4.78 is 12.8. The number of hydrogen-bond acceptors (Lipinski definition) is 2. The first kappa shape index (κ1) is 24.0. The van der Waals surface area contributed by atoms with Crippen LogP contribution in [0.3, 0.4) is 0 Å². The summed E-state index contributed by atoms with van der Waals surface area (Å²) in [6.07, 6.45) is 6.24. The second-order valence-corrected chi connectivity index (χ2v) is 27.1. The Kier molecular flexibility index (Phi) is 12.1. The van der Waals surface area contributed by atoms with E-state index in [0.29, 0.717) is 5.41 Å². The maximum absolute atomic E-state index is 6.69. The van der Waals surface area contributed by atoms with E-state index in [0.717, 1.165) is 19.6 Å². The molecule has 0 spiro atoms. The molecule has 0 aromatic carbocycles. The van der Waals surface area contributed by atoms with Crippen LogP contribution in [0, 0.1) is 5.41 Å². The first-order chi connectivity index (χ1) is 10.6. The molecule has 0 rings (SSSR count). The van der Waals surface area contributed by atoms with E-state index in [4.69, 9.17) is 7.53 Å². The fraction of sp³-hybridized carbons (Fsp3) is 1.00. The van der Waals surface area contributed by atoms with Gasteiger partial charge in [-0.1, -0.05) is 0 Å². The first-order valence-corrected chi connectivity index (χ1v) is 22.3. The topological polar surface area (TPSA) is 18.5 Å². The van der Waals surface area contributed by atoms with E-state index in [-0.39, 0.29) is 0 Å². The molecular formula is C19H44Ge2O2. The molecular weight excluding hydrogens is 405 g/mol. The van der Waals surface area contributed by atoms with E-state index in [2.05, 4.69) is 51.9 Å². The molecule has 0 amide bonds. The summed E-state index contributed by atoms with van der Waals surface area (Å²) in [7, 11) is 0. The van der Waals surface area contributed by atoms with Crippen LogP contribution in [-0.2, 0) is 7.53 Å². The van der Waals surface area contributed by atoms with Gasteiger partial charge in [0, 0.05) is 0 Å². The van der Waals surface area contributed by atoms with Gasteiger partial charge in [-0.25, -0.2) is 0 Å². The third-order valence-corrected chi connectivity index (χ3v) is 17.5. The van der Waals surface area contributed by atoms with Gasteiger partial charge in [0.25, 0.3) is 0 Å². The predicted octanol–water partition coefficient (Wildman–Crippen LogP) is 6.84. The Morgan fingerprint density at radius 3 is 1.43 bits per heavy atom. The van der Waals surface area contributed by atoms with Crippen molar-refractivity contribution in [3.05, 3.63) is 0 Å². The molecule has 4 heteroatoms. The molecule has 0 unspecified atom stereocenters. The molecule has 0 aromatic heterocycles. The number of hydrogen-bond donors (Lipinski definition) is 0. The van der Waals surface area contributed by atoms with Crippen LogP contribution in [0.1, 0.15) is 66.7 Å². The Morgan fingerprint density at radius 2 is 1.09 bits per heavy atom. The summed E-state index contributed by atoms with van der Waals surface area (Å²) in [4.78, 5) is 0. The molecule has 2 nitrogen and oxygen atoms in total. The quantitative estimate of drug-likeness (QED) is 0.270. The van der Waals surface area contributed by atoms with Crippen LogP contribution in [0.4, 0.5) is 0 Å². The molecule has 0 saturated carbocycles. The van der Waals surface area contributed by atoms with Crippen molar-refractivity contribution in [2.45, 2.75) is 99.8 Å². The van der Waals surface area contributed by atoms with Gasteiger partial charge in [-0.3, -0.25) is 0 Å². The number of rotatable bonds is 14. The van der Waals surface area contributed by atoms with Crippen molar-refractivity contribution < 1.29 is 7.53 Å². The zero-order valence-electron chi connectivity index (χ0n) is 17.4. The van der Waals surface area contributed by atoms with Gasteiger partial charge in [-0.05, 0) is 0 Å². The molecule has 0 heterocycles. The van der Waals surface area contributed by atoms with Gasteiger partial charge in [-0.2, -0.15) is 0 Å². The van der Waals surface area contributed by atoms with Crippen molar-refractivity contribution in [2.24, 2.45) is 5.41 Å². The Hall–Kier alpha value is 1.01. The Morgan fingerprint density at radius 1 is 0.696 bits per heavy atom. The fourth-order valence-electron chi connectivity index (χ4n) is 3.26. The fourth-order valence-corrected chi connectivity index (χ4v) is 14.1. The molecule has 0 N–H and O–H groups in total. The van der Waals surface area contributed by atoms with Crippen molar-refractivity contribution in [3.63, 3.8) is 0 Å². The molecule has 0 atom stereocenters. The van der Waals surface area contributed by atoms with E-state index in [1.165, 1.54) is 41.4 Å². The molecule has 0 saturated heterocycles. The van der Waals surface area contributed by atoms with Gasteiger partial charge < -0.3 is 0 Å². The average molecular weight is 450 g/mol. The molecule has 0 fully saturated rings. The molecule has 0 aliphatic carbocycles. The Balaban J connectivity index is 4.38. The normalized spacial score (nSPS) is 13.6. The van der Waals surface area contributed by atoms with E-state index in [1.54, 1.807) is 0 Å². The third kappa shape index (κ3) is 12.1. The zero-order valence-corrected chi connectivity index (χ0v) is 21.6. The van der Waals surface area contributed by atoms with Crippen molar-refractivity contribution in [3.8, 4) is 0 Å². The van der Waals surface area contributed by atoms with Gasteiger partial charge in [0.2, 0.25) is 0 Å². The summed E-state index contributed by atoms with van der Waals surface area (Å²) in [5, 5.41) is 4.18. The predicted molar refractivity (Wildman–Crippen MR) is 109 cm³/mol.